The molecule has 0 atom stereocenters. The number of piperazine rings is 1. The lowest BCUT2D eigenvalue weighted by Gasteiger charge is -2.35. The van der Waals surface area contributed by atoms with Crippen LogP contribution in [0, 0.1) is 0 Å². The van der Waals surface area contributed by atoms with E-state index in [1.165, 1.54) is 6.26 Å². The van der Waals surface area contributed by atoms with Gasteiger partial charge in [-0.2, -0.15) is 0 Å². The molecule has 1 saturated heterocycles. The SMILES string of the molecule is CCc1cc(N2CCN(C(=O)NCc3ccon3)CC2)ncn1. The lowest BCUT2D eigenvalue weighted by atomic mass is 10.3. The molecule has 3 heterocycles. The summed E-state index contributed by atoms with van der Waals surface area (Å²) in [5.74, 6) is 0.930. The minimum Gasteiger partial charge on any atom is -0.364 e. The Morgan fingerprint density at radius 1 is 1.26 bits per heavy atom. The number of carbonyl (C=O) groups is 1. The maximum Gasteiger partial charge on any atom is 0.317 e. The Hall–Kier alpha value is -2.64. The fourth-order valence-corrected chi connectivity index (χ4v) is 2.50. The van der Waals surface area contributed by atoms with E-state index in [2.05, 4.69) is 32.3 Å². The Morgan fingerprint density at radius 3 is 2.78 bits per heavy atom. The van der Waals surface area contributed by atoms with Crippen LogP contribution in [0.5, 0.6) is 0 Å². The molecule has 0 aliphatic carbocycles. The molecule has 0 radical (unpaired) electrons. The summed E-state index contributed by atoms with van der Waals surface area (Å²) < 4.78 is 4.74. The van der Waals surface area contributed by atoms with E-state index in [-0.39, 0.29) is 6.03 Å². The summed E-state index contributed by atoms with van der Waals surface area (Å²) >= 11 is 0. The molecule has 0 aromatic carbocycles. The van der Waals surface area contributed by atoms with Crippen molar-refractivity contribution in [2.75, 3.05) is 31.1 Å². The Bertz CT molecular complexity index is 637. The van der Waals surface area contributed by atoms with Gasteiger partial charge in [-0.25, -0.2) is 14.8 Å². The quantitative estimate of drug-likeness (QED) is 0.907. The number of aryl methyl sites for hydroxylation is 1. The van der Waals surface area contributed by atoms with Crippen LogP contribution >= 0.6 is 0 Å². The van der Waals surface area contributed by atoms with Crippen molar-refractivity contribution in [2.45, 2.75) is 19.9 Å². The van der Waals surface area contributed by atoms with Gasteiger partial charge in [-0.15, -0.1) is 0 Å². The first-order valence-electron chi connectivity index (χ1n) is 7.74. The average Bonchev–Trinajstić information content (AvgIpc) is 3.13. The van der Waals surface area contributed by atoms with E-state index in [0.29, 0.717) is 25.3 Å². The molecule has 0 spiro atoms. The maximum atomic E-state index is 12.1. The van der Waals surface area contributed by atoms with Crippen molar-refractivity contribution in [1.82, 2.24) is 25.3 Å². The third-order valence-corrected chi connectivity index (χ3v) is 3.87. The van der Waals surface area contributed by atoms with Gasteiger partial charge in [-0.1, -0.05) is 12.1 Å². The highest BCUT2D eigenvalue weighted by atomic mass is 16.5. The summed E-state index contributed by atoms with van der Waals surface area (Å²) in [5.41, 5.74) is 1.74. The molecule has 122 valence electrons. The third-order valence-electron chi connectivity index (χ3n) is 3.87. The van der Waals surface area contributed by atoms with Crippen LogP contribution in [0.25, 0.3) is 0 Å². The van der Waals surface area contributed by atoms with Crippen molar-refractivity contribution in [3.8, 4) is 0 Å². The molecule has 23 heavy (non-hydrogen) atoms. The number of hydrogen-bond donors (Lipinski definition) is 1. The van der Waals surface area contributed by atoms with E-state index in [1.807, 2.05) is 6.07 Å². The molecule has 1 N–H and O–H groups in total. The number of rotatable bonds is 4. The number of amides is 2. The minimum absolute atomic E-state index is 0.0791. The molecule has 8 nitrogen and oxygen atoms in total. The number of nitrogens with one attached hydrogen (secondary N) is 1. The monoisotopic (exact) mass is 316 g/mol. The molecule has 0 bridgehead atoms. The zero-order chi connectivity index (χ0) is 16.1. The zero-order valence-corrected chi connectivity index (χ0v) is 13.1. The van der Waals surface area contributed by atoms with Crippen LogP contribution in [0.3, 0.4) is 0 Å². The molecule has 0 unspecified atom stereocenters. The number of nitrogens with zero attached hydrogens (tertiary/aromatic N) is 5. The van der Waals surface area contributed by atoms with Gasteiger partial charge in [0.05, 0.1) is 6.54 Å². The highest BCUT2D eigenvalue weighted by molar-refractivity contribution is 5.74. The summed E-state index contributed by atoms with van der Waals surface area (Å²) in [4.78, 5) is 24.7. The molecule has 1 aliphatic heterocycles. The lowest BCUT2D eigenvalue weighted by molar-refractivity contribution is 0.193. The van der Waals surface area contributed by atoms with Gasteiger partial charge in [0.1, 0.15) is 24.1 Å². The summed E-state index contributed by atoms with van der Waals surface area (Å²) in [6.07, 6.45) is 3.98. The molecule has 2 amide bonds. The van der Waals surface area contributed by atoms with Gasteiger partial charge >= 0.3 is 6.03 Å². The standard InChI is InChI=1S/C15H20N6O2/c1-2-12-9-14(18-11-17-12)20-4-6-21(7-5-20)15(22)16-10-13-3-8-23-19-13/h3,8-9,11H,2,4-7,10H2,1H3,(H,16,22). The summed E-state index contributed by atoms with van der Waals surface area (Å²) in [6, 6.07) is 3.67. The van der Waals surface area contributed by atoms with Crippen LogP contribution < -0.4 is 10.2 Å². The van der Waals surface area contributed by atoms with E-state index in [0.717, 1.165) is 31.0 Å². The predicted octanol–water partition coefficient (Wildman–Crippen LogP) is 1.06. The minimum atomic E-state index is -0.0791. The predicted molar refractivity (Wildman–Crippen MR) is 83.9 cm³/mol. The molecule has 0 saturated carbocycles. The van der Waals surface area contributed by atoms with Gasteiger partial charge in [-0.05, 0) is 6.42 Å². The Kier molecular flexibility index (Phi) is 4.70. The summed E-state index contributed by atoms with van der Waals surface area (Å²) in [7, 11) is 0. The van der Waals surface area contributed by atoms with Crippen molar-refractivity contribution >= 4 is 11.8 Å². The second kappa shape index (κ2) is 7.08. The first-order valence-corrected chi connectivity index (χ1v) is 7.74. The Balaban J connectivity index is 1.50. The second-order valence-electron chi connectivity index (χ2n) is 5.34. The van der Waals surface area contributed by atoms with Crippen molar-refractivity contribution < 1.29 is 9.32 Å². The van der Waals surface area contributed by atoms with Gasteiger partial charge in [-0.3, -0.25) is 0 Å². The van der Waals surface area contributed by atoms with Gasteiger partial charge in [0.2, 0.25) is 0 Å². The van der Waals surface area contributed by atoms with E-state index >= 15 is 0 Å². The molecule has 8 heteroatoms. The first-order chi connectivity index (χ1) is 11.3. The highest BCUT2D eigenvalue weighted by Crippen LogP contribution is 2.14. The van der Waals surface area contributed by atoms with Crippen molar-refractivity contribution in [2.24, 2.45) is 0 Å². The van der Waals surface area contributed by atoms with Crippen LogP contribution in [-0.4, -0.2) is 52.2 Å². The molecular formula is C15H20N6O2. The van der Waals surface area contributed by atoms with E-state index in [9.17, 15) is 4.79 Å². The van der Waals surface area contributed by atoms with Gasteiger partial charge in [0.15, 0.2) is 0 Å². The average molecular weight is 316 g/mol. The Morgan fingerprint density at radius 2 is 2.09 bits per heavy atom. The van der Waals surface area contributed by atoms with Crippen molar-refractivity contribution in [3.63, 3.8) is 0 Å². The van der Waals surface area contributed by atoms with Crippen LogP contribution in [0.1, 0.15) is 18.3 Å². The lowest BCUT2D eigenvalue weighted by Crippen LogP contribution is -2.52. The fraction of sp³-hybridized carbons (Fsp3) is 0.467. The van der Waals surface area contributed by atoms with Crippen molar-refractivity contribution in [3.05, 3.63) is 36.1 Å². The number of hydrogen-bond acceptors (Lipinski definition) is 6. The number of aromatic nitrogens is 3. The topological polar surface area (TPSA) is 87.4 Å². The summed E-state index contributed by atoms with van der Waals surface area (Å²) in [5, 5.41) is 6.62. The highest BCUT2D eigenvalue weighted by Gasteiger charge is 2.22. The molecule has 3 rings (SSSR count). The largest absolute Gasteiger partial charge is 0.364 e. The fourth-order valence-electron chi connectivity index (χ4n) is 2.50. The number of urea groups is 1. The molecule has 2 aromatic heterocycles. The molecule has 2 aromatic rings. The van der Waals surface area contributed by atoms with Crippen LogP contribution in [-0.2, 0) is 13.0 Å². The zero-order valence-electron chi connectivity index (χ0n) is 13.1. The maximum absolute atomic E-state index is 12.1. The van der Waals surface area contributed by atoms with Gasteiger partial charge in [0, 0.05) is 44.0 Å². The number of carbonyl (C=O) groups excluding carboxylic acids is 1. The number of anilines is 1. The third kappa shape index (κ3) is 3.77. The van der Waals surface area contributed by atoms with Crippen LogP contribution in [0.4, 0.5) is 10.6 Å². The van der Waals surface area contributed by atoms with Crippen LogP contribution in [0.2, 0.25) is 0 Å². The molecule has 1 aliphatic rings. The van der Waals surface area contributed by atoms with E-state index in [4.69, 9.17) is 4.52 Å². The smallest absolute Gasteiger partial charge is 0.317 e. The van der Waals surface area contributed by atoms with E-state index in [1.54, 1.807) is 17.3 Å². The molecular weight excluding hydrogens is 296 g/mol. The Labute approximate surface area is 134 Å². The first kappa shape index (κ1) is 15.3. The normalized spacial score (nSPS) is 14.8. The second-order valence-corrected chi connectivity index (χ2v) is 5.34. The van der Waals surface area contributed by atoms with Crippen LogP contribution in [0.15, 0.2) is 29.2 Å². The molecule has 1 fully saturated rings. The van der Waals surface area contributed by atoms with Gasteiger partial charge in [0.25, 0.3) is 0 Å². The summed E-state index contributed by atoms with van der Waals surface area (Å²) in [6.45, 7) is 5.30. The van der Waals surface area contributed by atoms with Gasteiger partial charge < -0.3 is 19.6 Å². The van der Waals surface area contributed by atoms with Crippen molar-refractivity contribution in [1.29, 1.82) is 0 Å². The van der Waals surface area contributed by atoms with E-state index < -0.39 is 0 Å².